The minimum atomic E-state index is -1.64. The molecule has 0 heterocycles. The number of rotatable bonds is 7. The van der Waals surface area contributed by atoms with E-state index in [9.17, 15) is 14.0 Å². The van der Waals surface area contributed by atoms with E-state index in [2.05, 4.69) is 22.6 Å². The van der Waals surface area contributed by atoms with Gasteiger partial charge in [-0.25, -0.2) is 8.78 Å². The maximum Gasteiger partial charge on any atom is 0.153 e. The van der Waals surface area contributed by atoms with Crippen LogP contribution in [0, 0.1) is 23.7 Å². The lowest BCUT2D eigenvalue weighted by Gasteiger charge is -2.12. The van der Waals surface area contributed by atoms with Gasteiger partial charge in [-0.05, 0) is 34.9 Å². The SMILES string of the molecule is C#C/C(NC)=C(/NC)c1ccc(C#N)c(/C=C/c2cccc(C(F)CF)c2)c1. The van der Waals surface area contributed by atoms with Gasteiger partial charge in [-0.3, -0.25) is 0 Å². The molecule has 2 rings (SSSR count). The van der Waals surface area contributed by atoms with Crippen LogP contribution >= 0.6 is 0 Å². The van der Waals surface area contributed by atoms with Crippen LogP contribution in [0.5, 0.6) is 0 Å². The monoisotopic (exact) mass is 377 g/mol. The number of nitriles is 1. The molecule has 1 unspecified atom stereocenters. The second-order valence-corrected chi connectivity index (χ2v) is 5.93. The standard InChI is InChI=1S/C23H21F2N3/c1-4-22(27-2)23(28-3)19-10-11-20(15-26)17(13-19)9-8-16-6-5-7-18(12-16)21(25)14-24/h1,5-13,21,27-28H,14H2,2-3H3/b9-8+,23-22-. The van der Waals surface area contributed by atoms with Gasteiger partial charge in [-0.2, -0.15) is 5.26 Å². The zero-order valence-corrected chi connectivity index (χ0v) is 15.8. The second-order valence-electron chi connectivity index (χ2n) is 5.93. The van der Waals surface area contributed by atoms with Gasteiger partial charge in [0.15, 0.2) is 6.17 Å². The fourth-order valence-electron chi connectivity index (χ4n) is 2.77. The molecule has 1 atom stereocenters. The number of nitrogens with one attached hydrogen (secondary N) is 2. The maximum absolute atomic E-state index is 13.6. The van der Waals surface area contributed by atoms with E-state index >= 15 is 0 Å². The molecule has 2 aromatic rings. The Bertz CT molecular complexity index is 978. The highest BCUT2D eigenvalue weighted by Gasteiger charge is 2.10. The number of halogens is 2. The van der Waals surface area contributed by atoms with Crippen LogP contribution in [0.1, 0.15) is 34.0 Å². The minimum Gasteiger partial charge on any atom is -0.385 e. The Labute approximate surface area is 164 Å². The van der Waals surface area contributed by atoms with Gasteiger partial charge in [0.05, 0.1) is 17.3 Å². The van der Waals surface area contributed by atoms with Crippen LogP contribution in [-0.2, 0) is 0 Å². The Morgan fingerprint density at radius 2 is 1.96 bits per heavy atom. The number of allylic oxidation sites excluding steroid dienone is 1. The lowest BCUT2D eigenvalue weighted by Crippen LogP contribution is -2.15. The molecule has 5 heteroatoms. The Morgan fingerprint density at radius 1 is 1.18 bits per heavy atom. The third-order valence-corrected chi connectivity index (χ3v) is 4.22. The molecular weight excluding hydrogens is 356 g/mol. The molecule has 0 bridgehead atoms. The Balaban J connectivity index is 2.46. The number of benzene rings is 2. The number of hydrogen-bond acceptors (Lipinski definition) is 3. The van der Waals surface area contributed by atoms with E-state index in [4.69, 9.17) is 6.42 Å². The third-order valence-electron chi connectivity index (χ3n) is 4.22. The molecule has 2 N–H and O–H groups in total. The minimum absolute atomic E-state index is 0.284. The molecule has 142 valence electrons. The molecule has 0 aliphatic heterocycles. The summed E-state index contributed by atoms with van der Waals surface area (Å²) >= 11 is 0. The maximum atomic E-state index is 13.6. The highest BCUT2D eigenvalue weighted by molar-refractivity contribution is 5.77. The van der Waals surface area contributed by atoms with Crippen molar-refractivity contribution in [2.45, 2.75) is 6.17 Å². The molecule has 0 saturated heterocycles. The van der Waals surface area contributed by atoms with E-state index in [1.54, 1.807) is 56.6 Å². The normalized spacial score (nSPS) is 12.6. The molecule has 0 amide bonds. The molecule has 2 aromatic carbocycles. The van der Waals surface area contributed by atoms with Crippen LogP contribution in [0.4, 0.5) is 8.78 Å². The predicted molar refractivity (Wildman–Crippen MR) is 110 cm³/mol. The summed E-state index contributed by atoms with van der Waals surface area (Å²) in [4.78, 5) is 0. The molecule has 0 aliphatic carbocycles. The van der Waals surface area contributed by atoms with Crippen LogP contribution in [-0.4, -0.2) is 20.8 Å². The largest absolute Gasteiger partial charge is 0.385 e. The van der Waals surface area contributed by atoms with Crippen molar-refractivity contribution in [3.05, 3.63) is 76.0 Å². The summed E-state index contributed by atoms with van der Waals surface area (Å²) < 4.78 is 26.1. The summed E-state index contributed by atoms with van der Waals surface area (Å²) in [5.41, 5.74) is 4.32. The van der Waals surface area contributed by atoms with E-state index in [-0.39, 0.29) is 5.56 Å². The Hall–Kier alpha value is -3.57. The molecule has 0 spiro atoms. The van der Waals surface area contributed by atoms with E-state index in [1.807, 2.05) is 12.1 Å². The van der Waals surface area contributed by atoms with Crippen LogP contribution in [0.25, 0.3) is 17.8 Å². The zero-order chi connectivity index (χ0) is 20.5. The van der Waals surface area contributed by atoms with Gasteiger partial charge >= 0.3 is 0 Å². The van der Waals surface area contributed by atoms with E-state index in [0.29, 0.717) is 22.4 Å². The van der Waals surface area contributed by atoms with Gasteiger partial charge in [0.2, 0.25) is 0 Å². The molecule has 0 aliphatic rings. The molecule has 0 saturated carbocycles. The van der Waals surface area contributed by atoms with Gasteiger partial charge in [-0.1, -0.05) is 42.3 Å². The summed E-state index contributed by atoms with van der Waals surface area (Å²) in [5.74, 6) is 2.59. The van der Waals surface area contributed by atoms with Crippen molar-refractivity contribution in [3.8, 4) is 18.4 Å². The highest BCUT2D eigenvalue weighted by Crippen LogP contribution is 2.23. The first-order chi connectivity index (χ1) is 13.6. The average Bonchev–Trinajstić information content (AvgIpc) is 2.75. The van der Waals surface area contributed by atoms with Gasteiger partial charge in [-0.15, -0.1) is 6.42 Å². The summed E-state index contributed by atoms with van der Waals surface area (Å²) in [6.07, 6.45) is 7.43. The zero-order valence-electron chi connectivity index (χ0n) is 15.8. The summed E-state index contributed by atoms with van der Waals surface area (Å²) in [5, 5.41) is 15.4. The summed E-state index contributed by atoms with van der Waals surface area (Å²) in [6.45, 7) is -1.06. The Kier molecular flexibility index (Phi) is 7.37. The number of nitrogens with zero attached hydrogens (tertiary/aromatic N) is 1. The number of hydrogen-bond donors (Lipinski definition) is 2. The van der Waals surface area contributed by atoms with Gasteiger partial charge in [0.25, 0.3) is 0 Å². The molecule has 0 fully saturated rings. The van der Waals surface area contributed by atoms with Crippen molar-refractivity contribution in [2.75, 3.05) is 20.8 Å². The molecular formula is C23H21F2N3. The number of alkyl halides is 2. The van der Waals surface area contributed by atoms with Crippen molar-refractivity contribution in [2.24, 2.45) is 0 Å². The topological polar surface area (TPSA) is 47.8 Å². The van der Waals surface area contributed by atoms with Crippen molar-refractivity contribution >= 4 is 17.8 Å². The number of terminal acetylenes is 1. The first-order valence-corrected chi connectivity index (χ1v) is 8.66. The smallest absolute Gasteiger partial charge is 0.153 e. The molecule has 3 nitrogen and oxygen atoms in total. The van der Waals surface area contributed by atoms with Crippen LogP contribution in [0.2, 0.25) is 0 Å². The molecule has 28 heavy (non-hydrogen) atoms. The van der Waals surface area contributed by atoms with Crippen LogP contribution in [0.3, 0.4) is 0 Å². The third kappa shape index (κ3) is 4.78. The summed E-state index contributed by atoms with van der Waals surface area (Å²) in [6, 6.07) is 14.1. The average molecular weight is 377 g/mol. The van der Waals surface area contributed by atoms with Crippen LogP contribution in [0.15, 0.2) is 48.2 Å². The Morgan fingerprint density at radius 3 is 2.57 bits per heavy atom. The predicted octanol–water partition coefficient (Wildman–Crippen LogP) is 4.45. The molecule has 0 radical (unpaired) electrons. The quantitative estimate of drug-likeness (QED) is 0.554. The first-order valence-electron chi connectivity index (χ1n) is 8.66. The van der Waals surface area contributed by atoms with Crippen molar-refractivity contribution < 1.29 is 8.78 Å². The fraction of sp³-hybridized carbons (Fsp3) is 0.174. The van der Waals surface area contributed by atoms with Crippen molar-refractivity contribution in [3.63, 3.8) is 0 Å². The lowest BCUT2D eigenvalue weighted by molar-refractivity contribution is 0.266. The highest BCUT2D eigenvalue weighted by atomic mass is 19.2. The van der Waals surface area contributed by atoms with E-state index < -0.39 is 12.8 Å². The van der Waals surface area contributed by atoms with E-state index in [1.165, 1.54) is 0 Å². The van der Waals surface area contributed by atoms with Crippen molar-refractivity contribution in [1.29, 1.82) is 5.26 Å². The van der Waals surface area contributed by atoms with Gasteiger partial charge in [0, 0.05) is 19.7 Å². The van der Waals surface area contributed by atoms with Crippen molar-refractivity contribution in [1.82, 2.24) is 10.6 Å². The fourth-order valence-corrected chi connectivity index (χ4v) is 2.77. The second kappa shape index (κ2) is 9.94. The summed E-state index contributed by atoms with van der Waals surface area (Å²) in [7, 11) is 3.50. The van der Waals surface area contributed by atoms with Gasteiger partial charge < -0.3 is 10.6 Å². The van der Waals surface area contributed by atoms with Gasteiger partial charge in [0.1, 0.15) is 12.4 Å². The lowest BCUT2D eigenvalue weighted by atomic mass is 10.00. The van der Waals surface area contributed by atoms with E-state index in [0.717, 1.165) is 11.3 Å². The first kappa shape index (κ1) is 20.7. The van der Waals surface area contributed by atoms with Crippen LogP contribution < -0.4 is 10.6 Å². The molecule has 0 aromatic heterocycles.